The zero-order valence-electron chi connectivity index (χ0n) is 15.4. The molecule has 0 unspecified atom stereocenters. The van der Waals surface area contributed by atoms with Gasteiger partial charge in [0.25, 0.3) is 0 Å². The number of aliphatic carboxylic acids is 1. The van der Waals surface area contributed by atoms with Gasteiger partial charge >= 0.3 is 13.6 Å². The molecule has 0 aliphatic rings. The monoisotopic (exact) mass is 523 g/mol. The fourth-order valence-electron chi connectivity index (χ4n) is 2.11. The lowest BCUT2D eigenvalue weighted by Crippen LogP contribution is -2.41. The van der Waals surface area contributed by atoms with Crippen molar-refractivity contribution in [2.24, 2.45) is 0 Å². The zero-order chi connectivity index (χ0) is 21.8. The second-order valence-electron chi connectivity index (χ2n) is 5.48. The number of nitrogens with one attached hydrogen (secondary N) is 1. The Kier molecular flexibility index (Phi) is 15.0. The van der Waals surface area contributed by atoms with E-state index in [-0.39, 0.29) is 49.7 Å². The molecule has 28 heavy (non-hydrogen) atoms. The van der Waals surface area contributed by atoms with E-state index in [1.165, 1.54) is 16.3 Å². The van der Waals surface area contributed by atoms with Crippen LogP contribution in [0.15, 0.2) is 0 Å². The molecule has 0 amide bonds. The van der Waals surface area contributed by atoms with Crippen molar-refractivity contribution in [3.63, 3.8) is 0 Å². The number of hydrogen-bond donors (Lipinski definition) is 2. The number of nitrogens with zero attached hydrogens (tertiary/aromatic N) is 2. The third-order valence-corrected chi connectivity index (χ3v) is 8.27. The smallest absolute Gasteiger partial charge is 0.346 e. The summed E-state index contributed by atoms with van der Waals surface area (Å²) in [5, 5.41) is 8.82. The molecule has 0 radical (unpaired) electrons. The van der Waals surface area contributed by atoms with E-state index >= 15 is 0 Å². The lowest BCUT2D eigenvalue weighted by Gasteiger charge is -2.37. The number of hydrogen-bond acceptors (Lipinski definition) is 5. The Morgan fingerprint density at radius 3 is 1.75 bits per heavy atom. The third kappa shape index (κ3) is 10.1. The fraction of sp³-hybridized carbons (Fsp3) is 0.923. The van der Waals surface area contributed by atoms with Gasteiger partial charge in [0.05, 0.1) is 12.4 Å². The second kappa shape index (κ2) is 14.6. The largest absolute Gasteiger partial charge is 0.480 e. The molecule has 0 saturated carbocycles. The SMILES string of the molecule is C[C@H](NS(=O)(=O)CCOP(=O)(N(CCCl)CCCl)N(CCCl)CCCl)C(=O)O. The van der Waals surface area contributed by atoms with Crippen molar-refractivity contribution in [1.29, 1.82) is 0 Å². The maximum Gasteiger partial charge on any atom is 0.346 e. The molecule has 0 aromatic carbocycles. The van der Waals surface area contributed by atoms with Crippen LogP contribution in [0.25, 0.3) is 0 Å². The first-order valence-corrected chi connectivity index (χ1v) is 13.6. The number of carbonyl (C=O) groups is 1. The van der Waals surface area contributed by atoms with Crippen LogP contribution in [0.5, 0.6) is 0 Å². The van der Waals surface area contributed by atoms with Crippen LogP contribution >= 0.6 is 54.1 Å². The summed E-state index contributed by atoms with van der Waals surface area (Å²) in [5.74, 6) is -1.31. The van der Waals surface area contributed by atoms with Gasteiger partial charge in [-0.3, -0.25) is 9.36 Å². The molecule has 0 aromatic rings. The molecule has 0 rings (SSSR count). The van der Waals surface area contributed by atoms with Crippen molar-refractivity contribution in [2.75, 3.05) is 62.1 Å². The van der Waals surface area contributed by atoms with Gasteiger partial charge in [0.1, 0.15) is 6.04 Å². The molecule has 0 bridgehead atoms. The van der Waals surface area contributed by atoms with Gasteiger partial charge in [0, 0.05) is 49.7 Å². The first-order chi connectivity index (χ1) is 13.1. The molecule has 0 heterocycles. The Hall–Kier alpha value is 0.650. The van der Waals surface area contributed by atoms with E-state index in [9.17, 15) is 17.8 Å². The van der Waals surface area contributed by atoms with Crippen molar-refractivity contribution in [3.8, 4) is 0 Å². The van der Waals surface area contributed by atoms with E-state index in [4.69, 9.17) is 56.0 Å². The Labute approximate surface area is 186 Å². The highest BCUT2D eigenvalue weighted by atomic mass is 35.5. The van der Waals surface area contributed by atoms with Gasteiger partial charge < -0.3 is 9.63 Å². The number of rotatable bonds is 17. The first kappa shape index (κ1) is 28.6. The summed E-state index contributed by atoms with van der Waals surface area (Å²) in [5.41, 5.74) is 0. The predicted molar refractivity (Wildman–Crippen MR) is 114 cm³/mol. The van der Waals surface area contributed by atoms with Gasteiger partial charge in [-0.05, 0) is 6.92 Å². The molecule has 0 aromatic heterocycles. The van der Waals surface area contributed by atoms with Crippen LogP contribution in [0.3, 0.4) is 0 Å². The normalized spacial score (nSPS) is 14.0. The van der Waals surface area contributed by atoms with E-state index < -0.39 is 42.1 Å². The summed E-state index contributed by atoms with van der Waals surface area (Å²) < 4.78 is 48.2. The summed E-state index contributed by atoms with van der Waals surface area (Å²) in [7, 11) is -7.69. The maximum atomic E-state index is 13.7. The van der Waals surface area contributed by atoms with Crippen molar-refractivity contribution in [2.45, 2.75) is 13.0 Å². The van der Waals surface area contributed by atoms with Crippen LogP contribution < -0.4 is 4.72 Å². The highest BCUT2D eigenvalue weighted by molar-refractivity contribution is 7.89. The van der Waals surface area contributed by atoms with Gasteiger partial charge in [-0.2, -0.15) is 0 Å². The van der Waals surface area contributed by atoms with E-state index in [0.717, 1.165) is 0 Å². The average Bonchev–Trinajstić information content (AvgIpc) is 2.60. The van der Waals surface area contributed by atoms with Crippen molar-refractivity contribution in [1.82, 2.24) is 14.1 Å². The van der Waals surface area contributed by atoms with E-state index in [1.807, 2.05) is 4.72 Å². The lowest BCUT2D eigenvalue weighted by molar-refractivity contribution is -0.138. The topological polar surface area (TPSA) is 116 Å². The molecule has 2 N–H and O–H groups in total. The summed E-state index contributed by atoms with van der Waals surface area (Å²) in [4.78, 5) is 10.8. The highest BCUT2D eigenvalue weighted by Crippen LogP contribution is 2.54. The molecular formula is C13H26Cl4N3O6PS. The van der Waals surface area contributed by atoms with Crippen molar-refractivity contribution < 1.29 is 27.4 Å². The predicted octanol–water partition coefficient (Wildman–Crippen LogP) is 2.06. The Bertz CT molecular complexity index is 583. The number of carboxylic acids is 1. The molecule has 1 atom stereocenters. The van der Waals surface area contributed by atoms with Crippen molar-refractivity contribution in [3.05, 3.63) is 0 Å². The number of carboxylic acid groups (broad SMARTS) is 1. The molecule has 15 heteroatoms. The minimum Gasteiger partial charge on any atom is -0.480 e. The minimum absolute atomic E-state index is 0.149. The summed E-state index contributed by atoms with van der Waals surface area (Å²) in [6.07, 6.45) is 0. The fourth-order valence-corrected chi connectivity index (χ4v) is 7.00. The Balaban J connectivity index is 5.41. The summed E-state index contributed by atoms with van der Waals surface area (Å²) >= 11 is 23.2. The molecule has 168 valence electrons. The van der Waals surface area contributed by atoms with Gasteiger partial charge in [0.15, 0.2) is 0 Å². The maximum absolute atomic E-state index is 13.7. The standard InChI is InChI=1S/C13H26Cl4N3O6PS/c1-12(13(21)22)18-28(24,25)11-10-26-27(23,19(6-2-14)7-3-15)20(8-4-16)9-5-17/h12,18H,2-11H2,1H3,(H,21,22)/t12-/m0/s1. The van der Waals surface area contributed by atoms with Gasteiger partial charge in [-0.15, -0.1) is 46.4 Å². The van der Waals surface area contributed by atoms with Crippen LogP contribution in [-0.2, 0) is 23.9 Å². The first-order valence-electron chi connectivity index (χ1n) is 8.30. The van der Waals surface area contributed by atoms with Crippen LogP contribution in [0.1, 0.15) is 6.92 Å². The van der Waals surface area contributed by atoms with E-state index in [2.05, 4.69) is 0 Å². The lowest BCUT2D eigenvalue weighted by atomic mass is 10.4. The molecular weight excluding hydrogens is 499 g/mol. The average molecular weight is 525 g/mol. The summed E-state index contributed by atoms with van der Waals surface area (Å²) in [6, 6.07) is -1.30. The van der Waals surface area contributed by atoms with E-state index in [1.54, 1.807) is 0 Å². The number of sulfonamides is 1. The number of halogens is 4. The third-order valence-electron chi connectivity index (χ3n) is 3.42. The molecule has 0 aliphatic carbocycles. The quantitative estimate of drug-likeness (QED) is 0.219. The molecule has 0 spiro atoms. The Morgan fingerprint density at radius 2 is 1.43 bits per heavy atom. The molecule has 9 nitrogen and oxygen atoms in total. The van der Waals surface area contributed by atoms with Gasteiger partial charge in [0.2, 0.25) is 10.0 Å². The van der Waals surface area contributed by atoms with Crippen LogP contribution in [0, 0.1) is 0 Å². The summed E-state index contributed by atoms with van der Waals surface area (Å²) in [6.45, 7) is 1.50. The molecule has 0 fully saturated rings. The van der Waals surface area contributed by atoms with Gasteiger partial charge in [-0.25, -0.2) is 22.5 Å². The van der Waals surface area contributed by atoms with Crippen LogP contribution in [0.2, 0.25) is 0 Å². The molecule has 0 saturated heterocycles. The second-order valence-corrected chi connectivity index (χ2v) is 11.2. The number of alkyl halides is 4. The van der Waals surface area contributed by atoms with Crippen molar-refractivity contribution >= 4 is 70.1 Å². The molecule has 0 aliphatic heterocycles. The minimum atomic E-state index is -3.97. The Morgan fingerprint density at radius 1 is 1.04 bits per heavy atom. The highest BCUT2D eigenvalue weighted by Gasteiger charge is 2.38. The van der Waals surface area contributed by atoms with E-state index in [0.29, 0.717) is 0 Å². The van der Waals surface area contributed by atoms with Gasteiger partial charge in [-0.1, -0.05) is 0 Å². The van der Waals surface area contributed by atoms with Crippen LogP contribution in [-0.4, -0.2) is 96.9 Å². The van der Waals surface area contributed by atoms with Crippen LogP contribution in [0.4, 0.5) is 0 Å². The zero-order valence-corrected chi connectivity index (χ0v) is 20.1.